The molecule has 0 aliphatic heterocycles. The number of pyridine rings is 1. The SMILES string of the molecule is CNc1nccc(-c2cccc(OC)c2)c1C(=O)O. The van der Waals surface area contributed by atoms with Gasteiger partial charge in [0.05, 0.1) is 7.11 Å². The highest BCUT2D eigenvalue weighted by atomic mass is 16.5. The van der Waals surface area contributed by atoms with Crippen LogP contribution in [-0.4, -0.2) is 30.2 Å². The third kappa shape index (κ3) is 2.49. The number of benzene rings is 1. The molecule has 2 aromatic rings. The van der Waals surface area contributed by atoms with E-state index >= 15 is 0 Å². The van der Waals surface area contributed by atoms with Crippen molar-refractivity contribution in [1.29, 1.82) is 0 Å². The molecule has 1 aromatic heterocycles. The quantitative estimate of drug-likeness (QED) is 0.881. The van der Waals surface area contributed by atoms with Crippen LogP contribution in [-0.2, 0) is 0 Å². The van der Waals surface area contributed by atoms with Crippen LogP contribution in [0.3, 0.4) is 0 Å². The third-order valence-corrected chi connectivity index (χ3v) is 2.78. The van der Waals surface area contributed by atoms with E-state index in [1.165, 1.54) is 0 Å². The van der Waals surface area contributed by atoms with Gasteiger partial charge in [-0.2, -0.15) is 0 Å². The van der Waals surface area contributed by atoms with Crippen LogP contribution in [0, 0.1) is 0 Å². The van der Waals surface area contributed by atoms with Gasteiger partial charge in [-0.05, 0) is 23.8 Å². The zero-order valence-electron chi connectivity index (χ0n) is 10.7. The van der Waals surface area contributed by atoms with E-state index in [9.17, 15) is 9.90 Å². The second kappa shape index (κ2) is 5.39. The van der Waals surface area contributed by atoms with E-state index in [4.69, 9.17) is 4.74 Å². The molecule has 1 aromatic carbocycles. The molecule has 5 heteroatoms. The Labute approximate surface area is 110 Å². The molecule has 0 spiro atoms. The van der Waals surface area contributed by atoms with E-state index < -0.39 is 5.97 Å². The Bertz CT molecular complexity index is 611. The van der Waals surface area contributed by atoms with Crippen molar-refractivity contribution in [2.75, 3.05) is 19.5 Å². The topological polar surface area (TPSA) is 71.5 Å². The number of methoxy groups -OCH3 is 1. The Morgan fingerprint density at radius 2 is 2.16 bits per heavy atom. The molecule has 1 heterocycles. The minimum atomic E-state index is -1.02. The van der Waals surface area contributed by atoms with Gasteiger partial charge in [0.2, 0.25) is 0 Å². The van der Waals surface area contributed by atoms with Crippen LogP contribution >= 0.6 is 0 Å². The Hall–Kier alpha value is -2.56. The average molecular weight is 258 g/mol. The molecule has 2 N–H and O–H groups in total. The molecule has 5 nitrogen and oxygen atoms in total. The number of ether oxygens (including phenoxy) is 1. The summed E-state index contributed by atoms with van der Waals surface area (Å²) in [4.78, 5) is 15.4. The van der Waals surface area contributed by atoms with Crippen LogP contribution in [0.25, 0.3) is 11.1 Å². The highest BCUT2D eigenvalue weighted by Crippen LogP contribution is 2.29. The first-order valence-corrected chi connectivity index (χ1v) is 5.72. The van der Waals surface area contributed by atoms with Gasteiger partial charge in [-0.25, -0.2) is 9.78 Å². The highest BCUT2D eigenvalue weighted by molar-refractivity contribution is 6.00. The number of carboxylic acids is 1. The summed E-state index contributed by atoms with van der Waals surface area (Å²) in [5.74, 6) is -0.000233. The first-order valence-electron chi connectivity index (χ1n) is 5.72. The number of anilines is 1. The lowest BCUT2D eigenvalue weighted by atomic mass is 10.0. The minimum absolute atomic E-state index is 0.151. The van der Waals surface area contributed by atoms with E-state index in [0.29, 0.717) is 17.1 Å². The Kier molecular flexibility index (Phi) is 3.66. The zero-order valence-corrected chi connectivity index (χ0v) is 10.7. The molecule has 0 atom stereocenters. The number of aromatic nitrogens is 1. The smallest absolute Gasteiger partial charge is 0.340 e. The first kappa shape index (κ1) is 12.9. The Morgan fingerprint density at radius 3 is 2.79 bits per heavy atom. The number of nitrogens with zero attached hydrogens (tertiary/aromatic N) is 1. The molecule has 98 valence electrons. The van der Waals surface area contributed by atoms with Gasteiger partial charge in [-0.1, -0.05) is 12.1 Å². The fraction of sp³-hybridized carbons (Fsp3) is 0.143. The molecular weight excluding hydrogens is 244 g/mol. The standard InChI is InChI=1S/C14H14N2O3/c1-15-13-12(14(17)18)11(6-7-16-13)9-4-3-5-10(8-9)19-2/h3-8H,1-2H3,(H,15,16)(H,17,18). The fourth-order valence-electron chi connectivity index (χ4n) is 1.90. The molecule has 0 aliphatic carbocycles. The van der Waals surface area contributed by atoms with Gasteiger partial charge < -0.3 is 15.2 Å². The van der Waals surface area contributed by atoms with E-state index in [0.717, 1.165) is 5.56 Å². The summed E-state index contributed by atoms with van der Waals surface area (Å²) in [5.41, 5.74) is 1.53. The largest absolute Gasteiger partial charge is 0.497 e. The van der Waals surface area contributed by atoms with Gasteiger partial charge in [0.25, 0.3) is 0 Å². The summed E-state index contributed by atoms with van der Waals surface area (Å²) in [5, 5.41) is 12.1. The summed E-state index contributed by atoms with van der Waals surface area (Å²) in [6.07, 6.45) is 1.58. The van der Waals surface area contributed by atoms with Gasteiger partial charge in [0.1, 0.15) is 17.1 Å². The molecule has 0 amide bonds. The van der Waals surface area contributed by atoms with Crippen molar-refractivity contribution in [3.63, 3.8) is 0 Å². The van der Waals surface area contributed by atoms with Crippen molar-refractivity contribution < 1.29 is 14.6 Å². The lowest BCUT2D eigenvalue weighted by Crippen LogP contribution is -2.07. The minimum Gasteiger partial charge on any atom is -0.497 e. The van der Waals surface area contributed by atoms with Gasteiger partial charge >= 0.3 is 5.97 Å². The van der Waals surface area contributed by atoms with Gasteiger partial charge in [0, 0.05) is 18.8 Å². The Balaban J connectivity index is 2.64. The number of hydrogen-bond acceptors (Lipinski definition) is 4. The molecule has 19 heavy (non-hydrogen) atoms. The molecule has 0 aliphatic rings. The number of carboxylic acid groups (broad SMARTS) is 1. The lowest BCUT2D eigenvalue weighted by molar-refractivity contribution is 0.0698. The van der Waals surface area contributed by atoms with Crippen molar-refractivity contribution in [3.8, 4) is 16.9 Å². The van der Waals surface area contributed by atoms with Crippen molar-refractivity contribution in [2.45, 2.75) is 0 Å². The summed E-state index contributed by atoms with van der Waals surface area (Å²) in [7, 11) is 3.22. The third-order valence-electron chi connectivity index (χ3n) is 2.78. The molecule has 0 bridgehead atoms. The highest BCUT2D eigenvalue weighted by Gasteiger charge is 2.17. The molecule has 0 fully saturated rings. The lowest BCUT2D eigenvalue weighted by Gasteiger charge is -2.11. The molecular formula is C14H14N2O3. The van der Waals surface area contributed by atoms with Crippen LogP contribution in [0.5, 0.6) is 5.75 Å². The summed E-state index contributed by atoms with van der Waals surface area (Å²) in [6, 6.07) is 8.94. The van der Waals surface area contributed by atoms with Crippen LogP contribution in [0.1, 0.15) is 10.4 Å². The van der Waals surface area contributed by atoms with Gasteiger partial charge in [0.15, 0.2) is 0 Å². The van der Waals surface area contributed by atoms with Crippen LogP contribution in [0.15, 0.2) is 36.5 Å². The maximum atomic E-state index is 11.4. The number of aromatic carboxylic acids is 1. The molecule has 2 rings (SSSR count). The molecule has 0 saturated carbocycles. The molecule has 0 unspecified atom stereocenters. The predicted molar refractivity (Wildman–Crippen MR) is 72.7 cm³/mol. The number of hydrogen-bond donors (Lipinski definition) is 2. The number of nitrogens with one attached hydrogen (secondary N) is 1. The maximum Gasteiger partial charge on any atom is 0.340 e. The summed E-state index contributed by atoms with van der Waals surface area (Å²) in [6.45, 7) is 0. The van der Waals surface area contributed by atoms with Crippen LogP contribution < -0.4 is 10.1 Å². The van der Waals surface area contributed by atoms with Crippen LogP contribution in [0.2, 0.25) is 0 Å². The second-order valence-corrected chi connectivity index (χ2v) is 3.87. The monoisotopic (exact) mass is 258 g/mol. The average Bonchev–Trinajstić information content (AvgIpc) is 2.46. The van der Waals surface area contributed by atoms with E-state index in [1.807, 2.05) is 18.2 Å². The van der Waals surface area contributed by atoms with Crippen molar-refractivity contribution in [1.82, 2.24) is 4.98 Å². The molecule has 0 radical (unpaired) electrons. The van der Waals surface area contributed by atoms with E-state index in [-0.39, 0.29) is 5.56 Å². The van der Waals surface area contributed by atoms with Crippen molar-refractivity contribution in [3.05, 3.63) is 42.1 Å². The van der Waals surface area contributed by atoms with Crippen LogP contribution in [0.4, 0.5) is 5.82 Å². The maximum absolute atomic E-state index is 11.4. The predicted octanol–water partition coefficient (Wildman–Crippen LogP) is 2.50. The zero-order chi connectivity index (χ0) is 13.8. The second-order valence-electron chi connectivity index (χ2n) is 3.87. The normalized spacial score (nSPS) is 10.0. The first-order chi connectivity index (χ1) is 9.17. The van der Waals surface area contributed by atoms with Gasteiger partial charge in [-0.15, -0.1) is 0 Å². The molecule has 0 saturated heterocycles. The van der Waals surface area contributed by atoms with Gasteiger partial charge in [-0.3, -0.25) is 0 Å². The number of carbonyl (C=O) groups is 1. The fourth-order valence-corrected chi connectivity index (χ4v) is 1.90. The Morgan fingerprint density at radius 1 is 1.37 bits per heavy atom. The summed E-state index contributed by atoms with van der Waals surface area (Å²) >= 11 is 0. The summed E-state index contributed by atoms with van der Waals surface area (Å²) < 4.78 is 5.15. The number of rotatable bonds is 4. The van der Waals surface area contributed by atoms with Crippen molar-refractivity contribution in [2.24, 2.45) is 0 Å². The van der Waals surface area contributed by atoms with E-state index in [1.54, 1.807) is 32.5 Å². The van der Waals surface area contributed by atoms with Crippen molar-refractivity contribution >= 4 is 11.8 Å². The van der Waals surface area contributed by atoms with E-state index in [2.05, 4.69) is 10.3 Å².